The van der Waals surface area contributed by atoms with E-state index in [4.69, 9.17) is 9.47 Å². The maximum absolute atomic E-state index is 12.3. The molecule has 0 saturated heterocycles. The zero-order valence-corrected chi connectivity index (χ0v) is 14.4. The maximum Gasteiger partial charge on any atom is 0.231 e. The van der Waals surface area contributed by atoms with E-state index in [0.29, 0.717) is 17.1 Å². The highest BCUT2D eigenvalue weighted by molar-refractivity contribution is 9.10. The van der Waals surface area contributed by atoms with Crippen LogP contribution in [0.25, 0.3) is 0 Å². The highest BCUT2D eigenvalue weighted by Gasteiger charge is 2.19. The summed E-state index contributed by atoms with van der Waals surface area (Å²) in [4.78, 5) is 12.4. The highest BCUT2D eigenvalue weighted by atomic mass is 79.9. The maximum atomic E-state index is 12.3. The van der Waals surface area contributed by atoms with Gasteiger partial charge in [0.2, 0.25) is 6.79 Å². The number of hydrogen-bond acceptors (Lipinski definition) is 5. The Morgan fingerprint density at radius 3 is 2.48 bits per heavy atom. The van der Waals surface area contributed by atoms with Crippen LogP contribution in [0.5, 0.6) is 11.5 Å². The summed E-state index contributed by atoms with van der Waals surface area (Å²) in [7, 11) is -3.49. The fourth-order valence-corrected chi connectivity index (χ4v) is 3.71. The van der Waals surface area contributed by atoms with Crippen molar-refractivity contribution < 1.29 is 22.7 Å². The largest absolute Gasteiger partial charge is 0.454 e. The van der Waals surface area contributed by atoms with Crippen molar-refractivity contribution >= 4 is 31.6 Å². The zero-order valence-electron chi connectivity index (χ0n) is 12.0. The number of carbonyl (C=O) groups excluding carboxylic acids is 1. The van der Waals surface area contributed by atoms with Gasteiger partial charge in [0.05, 0.1) is 10.6 Å². The first-order valence-corrected chi connectivity index (χ1v) is 9.31. The van der Waals surface area contributed by atoms with Gasteiger partial charge in [0.1, 0.15) is 0 Å². The van der Waals surface area contributed by atoms with Gasteiger partial charge in [0.25, 0.3) is 0 Å². The molecule has 0 atom stereocenters. The third-order valence-electron chi connectivity index (χ3n) is 3.47. The van der Waals surface area contributed by atoms with Gasteiger partial charge in [-0.25, -0.2) is 8.42 Å². The van der Waals surface area contributed by atoms with Gasteiger partial charge in [-0.1, -0.05) is 15.9 Å². The van der Waals surface area contributed by atoms with Crippen molar-refractivity contribution in [1.29, 1.82) is 0 Å². The normalized spacial score (nSPS) is 13.1. The minimum absolute atomic E-state index is 0.0853. The van der Waals surface area contributed by atoms with Crippen molar-refractivity contribution in [3.05, 3.63) is 52.5 Å². The predicted molar refractivity (Wildman–Crippen MR) is 87.7 cm³/mol. The lowest BCUT2D eigenvalue weighted by molar-refractivity contribution is 0.0988. The van der Waals surface area contributed by atoms with Crippen molar-refractivity contribution in [3.63, 3.8) is 0 Å². The number of benzene rings is 2. The second-order valence-electron chi connectivity index (χ2n) is 5.01. The highest BCUT2D eigenvalue weighted by Crippen LogP contribution is 2.32. The van der Waals surface area contributed by atoms with Crippen molar-refractivity contribution in [2.24, 2.45) is 0 Å². The molecule has 2 aromatic rings. The number of ether oxygens (including phenoxy) is 2. The SMILES string of the molecule is O=C(CCS(=O)(=O)c1ccc(Br)cc1)c1ccc2c(c1)OCO2. The van der Waals surface area contributed by atoms with Gasteiger partial charge in [-0.2, -0.15) is 0 Å². The molecular formula is C16H13BrO5S. The molecule has 0 fully saturated rings. The molecule has 120 valence electrons. The number of hydrogen-bond donors (Lipinski definition) is 0. The van der Waals surface area contributed by atoms with Crippen LogP contribution in [-0.4, -0.2) is 26.7 Å². The van der Waals surface area contributed by atoms with Crippen LogP contribution in [0.2, 0.25) is 0 Å². The average Bonchev–Trinajstić information content (AvgIpc) is 3.00. The first kappa shape index (κ1) is 16.0. The molecular weight excluding hydrogens is 384 g/mol. The van der Waals surface area contributed by atoms with Crippen LogP contribution < -0.4 is 9.47 Å². The molecule has 1 aliphatic heterocycles. The van der Waals surface area contributed by atoms with Gasteiger partial charge in [-0.15, -0.1) is 0 Å². The van der Waals surface area contributed by atoms with Gasteiger partial charge >= 0.3 is 0 Å². The number of sulfone groups is 1. The van der Waals surface area contributed by atoms with Crippen LogP contribution >= 0.6 is 15.9 Å². The van der Waals surface area contributed by atoms with E-state index < -0.39 is 9.84 Å². The van der Waals surface area contributed by atoms with E-state index in [1.165, 1.54) is 12.1 Å². The van der Waals surface area contributed by atoms with Crippen molar-refractivity contribution in [2.75, 3.05) is 12.5 Å². The molecule has 0 bridgehead atoms. The molecule has 2 aromatic carbocycles. The summed E-state index contributed by atoms with van der Waals surface area (Å²) in [5, 5.41) is 0. The number of carbonyl (C=O) groups is 1. The van der Waals surface area contributed by atoms with Crippen molar-refractivity contribution in [1.82, 2.24) is 0 Å². The second-order valence-corrected chi connectivity index (χ2v) is 8.04. The van der Waals surface area contributed by atoms with Gasteiger partial charge in [0.15, 0.2) is 27.1 Å². The topological polar surface area (TPSA) is 69.7 Å². The van der Waals surface area contributed by atoms with Crippen molar-refractivity contribution in [3.8, 4) is 11.5 Å². The summed E-state index contributed by atoms with van der Waals surface area (Å²) < 4.78 is 35.7. The summed E-state index contributed by atoms with van der Waals surface area (Å²) in [5.41, 5.74) is 0.417. The Bertz CT molecular complexity index is 843. The fraction of sp³-hybridized carbons (Fsp3) is 0.188. The summed E-state index contributed by atoms with van der Waals surface area (Å²) in [6.45, 7) is 0.130. The Labute approximate surface area is 142 Å². The lowest BCUT2D eigenvalue weighted by atomic mass is 10.1. The number of rotatable bonds is 5. The molecule has 0 aromatic heterocycles. The Balaban J connectivity index is 1.70. The zero-order chi connectivity index (χ0) is 16.4. The fourth-order valence-electron chi connectivity index (χ4n) is 2.20. The molecule has 0 amide bonds. The van der Waals surface area contributed by atoms with Crippen LogP contribution in [-0.2, 0) is 9.84 Å². The quantitative estimate of drug-likeness (QED) is 0.725. The van der Waals surface area contributed by atoms with E-state index in [1.807, 2.05) is 0 Å². The first-order chi connectivity index (χ1) is 11.0. The van der Waals surface area contributed by atoms with Gasteiger partial charge in [0, 0.05) is 16.5 Å². The van der Waals surface area contributed by atoms with E-state index in [1.54, 1.807) is 30.3 Å². The molecule has 0 unspecified atom stereocenters. The van der Waals surface area contributed by atoms with E-state index in [2.05, 4.69) is 15.9 Å². The molecule has 5 nitrogen and oxygen atoms in total. The summed E-state index contributed by atoms with van der Waals surface area (Å²) in [5.74, 6) is 0.613. The molecule has 7 heteroatoms. The minimum Gasteiger partial charge on any atom is -0.454 e. The van der Waals surface area contributed by atoms with E-state index in [9.17, 15) is 13.2 Å². The predicted octanol–water partition coefficient (Wildman–Crippen LogP) is 3.22. The first-order valence-electron chi connectivity index (χ1n) is 6.87. The van der Waals surface area contributed by atoms with Crippen molar-refractivity contribution in [2.45, 2.75) is 11.3 Å². The monoisotopic (exact) mass is 396 g/mol. The average molecular weight is 397 g/mol. The van der Waals surface area contributed by atoms with Gasteiger partial charge in [-0.05, 0) is 42.5 Å². The molecule has 1 heterocycles. The Hall–Kier alpha value is -1.86. The summed E-state index contributed by atoms with van der Waals surface area (Å²) >= 11 is 3.26. The van der Waals surface area contributed by atoms with Crippen LogP contribution in [0, 0.1) is 0 Å². The van der Waals surface area contributed by atoms with E-state index in [0.717, 1.165) is 4.47 Å². The number of Topliss-reactive ketones (excluding diaryl/α,β-unsaturated/α-hetero) is 1. The molecule has 0 spiro atoms. The molecule has 3 rings (SSSR count). The second kappa shape index (κ2) is 6.33. The lowest BCUT2D eigenvalue weighted by Crippen LogP contribution is -2.11. The van der Waals surface area contributed by atoms with Gasteiger partial charge in [-0.3, -0.25) is 4.79 Å². The van der Waals surface area contributed by atoms with E-state index >= 15 is 0 Å². The third kappa shape index (κ3) is 3.56. The molecule has 1 aliphatic rings. The van der Waals surface area contributed by atoms with Crippen LogP contribution in [0.15, 0.2) is 51.8 Å². The lowest BCUT2D eigenvalue weighted by Gasteiger charge is -2.05. The molecule has 0 N–H and O–H groups in total. The Morgan fingerprint density at radius 2 is 1.74 bits per heavy atom. The summed E-state index contributed by atoms with van der Waals surface area (Å²) in [6, 6.07) is 11.2. The number of fused-ring (bicyclic) bond motifs is 1. The molecule has 0 radical (unpaired) electrons. The Morgan fingerprint density at radius 1 is 1.04 bits per heavy atom. The Kier molecular flexibility index (Phi) is 4.41. The standard InChI is InChI=1S/C16H13BrO5S/c17-12-2-4-13(5-3-12)23(19,20)8-7-14(18)11-1-6-15-16(9-11)22-10-21-15/h1-6,9H,7-8,10H2. The molecule has 0 aliphatic carbocycles. The van der Waals surface area contributed by atoms with Crippen LogP contribution in [0.3, 0.4) is 0 Å². The smallest absolute Gasteiger partial charge is 0.231 e. The minimum atomic E-state index is -3.49. The number of halogens is 1. The molecule has 23 heavy (non-hydrogen) atoms. The molecule has 0 saturated carbocycles. The summed E-state index contributed by atoms with van der Waals surface area (Å²) in [6.07, 6.45) is -0.0853. The van der Waals surface area contributed by atoms with Gasteiger partial charge < -0.3 is 9.47 Å². The third-order valence-corrected chi connectivity index (χ3v) is 5.73. The number of ketones is 1. The van der Waals surface area contributed by atoms with E-state index in [-0.39, 0.29) is 29.6 Å². The van der Waals surface area contributed by atoms with Crippen LogP contribution in [0.4, 0.5) is 0 Å². The van der Waals surface area contributed by atoms with Crippen LogP contribution in [0.1, 0.15) is 16.8 Å².